The first-order chi connectivity index (χ1) is 6.24. The summed E-state index contributed by atoms with van der Waals surface area (Å²) in [6.45, 7) is 3.37. The Bertz CT molecular complexity index is 166. The number of nitrogens with two attached hydrogens (primary N) is 1. The molecule has 0 aliphatic carbocycles. The van der Waals surface area contributed by atoms with Crippen LogP contribution in [0, 0.1) is 0 Å². The predicted molar refractivity (Wildman–Crippen MR) is 52.3 cm³/mol. The second-order valence-corrected chi connectivity index (χ2v) is 3.65. The van der Waals surface area contributed by atoms with Gasteiger partial charge in [0.25, 0.3) is 0 Å². The average molecular weight is 185 g/mol. The van der Waals surface area contributed by atoms with E-state index >= 15 is 0 Å². The summed E-state index contributed by atoms with van der Waals surface area (Å²) in [6, 6.07) is 0.0824. The molecule has 2 atom stereocenters. The van der Waals surface area contributed by atoms with Crippen LogP contribution >= 0.6 is 0 Å². The van der Waals surface area contributed by atoms with Crippen LogP contribution in [0.4, 0.5) is 0 Å². The van der Waals surface area contributed by atoms with E-state index in [4.69, 9.17) is 5.73 Å². The Balaban J connectivity index is 2.29. The van der Waals surface area contributed by atoms with Crippen LogP contribution in [0.5, 0.6) is 0 Å². The molecule has 1 aliphatic heterocycles. The van der Waals surface area contributed by atoms with Gasteiger partial charge in [0.2, 0.25) is 5.91 Å². The highest BCUT2D eigenvalue weighted by Crippen LogP contribution is 2.06. The number of piperidine rings is 1. The highest BCUT2D eigenvalue weighted by atomic mass is 16.2. The Morgan fingerprint density at radius 3 is 3.00 bits per heavy atom. The van der Waals surface area contributed by atoms with Gasteiger partial charge in [-0.1, -0.05) is 6.42 Å². The summed E-state index contributed by atoms with van der Waals surface area (Å²) in [5.41, 5.74) is 5.41. The van der Waals surface area contributed by atoms with E-state index in [2.05, 4.69) is 10.6 Å². The highest BCUT2D eigenvalue weighted by molar-refractivity contribution is 5.82. The van der Waals surface area contributed by atoms with Gasteiger partial charge in [0.1, 0.15) is 0 Å². The molecule has 0 aromatic carbocycles. The van der Waals surface area contributed by atoms with E-state index in [1.165, 1.54) is 6.42 Å². The van der Waals surface area contributed by atoms with Crippen molar-refractivity contribution in [2.45, 2.75) is 38.3 Å². The lowest BCUT2D eigenvalue weighted by Gasteiger charge is -2.24. The van der Waals surface area contributed by atoms with Crippen LogP contribution in [-0.4, -0.2) is 31.1 Å². The number of rotatable bonds is 3. The van der Waals surface area contributed by atoms with Gasteiger partial charge >= 0.3 is 0 Å². The van der Waals surface area contributed by atoms with Crippen LogP contribution in [-0.2, 0) is 4.79 Å². The maximum Gasteiger partial charge on any atom is 0.237 e. The van der Waals surface area contributed by atoms with Gasteiger partial charge in [-0.25, -0.2) is 0 Å². The minimum atomic E-state index is 0.00255. The third-order valence-corrected chi connectivity index (χ3v) is 2.37. The van der Waals surface area contributed by atoms with Crippen molar-refractivity contribution >= 4 is 5.91 Å². The summed E-state index contributed by atoms with van der Waals surface area (Å²) >= 11 is 0. The summed E-state index contributed by atoms with van der Waals surface area (Å²) in [5.74, 6) is 0.0950. The van der Waals surface area contributed by atoms with Crippen molar-refractivity contribution in [2.24, 2.45) is 5.73 Å². The third kappa shape index (κ3) is 3.32. The van der Waals surface area contributed by atoms with Gasteiger partial charge in [0, 0.05) is 12.6 Å². The van der Waals surface area contributed by atoms with Crippen LogP contribution in [0.15, 0.2) is 0 Å². The second kappa shape index (κ2) is 5.19. The van der Waals surface area contributed by atoms with Crippen molar-refractivity contribution in [3.63, 3.8) is 0 Å². The van der Waals surface area contributed by atoms with Gasteiger partial charge in [-0.3, -0.25) is 4.79 Å². The van der Waals surface area contributed by atoms with Gasteiger partial charge in [0.05, 0.1) is 6.04 Å². The van der Waals surface area contributed by atoms with E-state index in [9.17, 15) is 4.79 Å². The largest absolute Gasteiger partial charge is 0.351 e. The smallest absolute Gasteiger partial charge is 0.237 e. The molecule has 4 heteroatoms. The Labute approximate surface area is 79.3 Å². The van der Waals surface area contributed by atoms with Crippen LogP contribution in [0.25, 0.3) is 0 Å². The van der Waals surface area contributed by atoms with Gasteiger partial charge in [-0.2, -0.15) is 0 Å². The fraction of sp³-hybridized carbons (Fsp3) is 0.889. The lowest BCUT2D eigenvalue weighted by molar-refractivity contribution is -0.124. The maximum absolute atomic E-state index is 11.5. The summed E-state index contributed by atoms with van der Waals surface area (Å²) < 4.78 is 0. The number of carbonyl (C=O) groups is 1. The molecule has 0 spiro atoms. The lowest BCUT2D eigenvalue weighted by atomic mass is 10.0. The molecule has 4 nitrogen and oxygen atoms in total. The first-order valence-electron chi connectivity index (χ1n) is 4.98. The van der Waals surface area contributed by atoms with E-state index < -0.39 is 0 Å². The molecule has 1 aliphatic rings. The van der Waals surface area contributed by atoms with E-state index in [0.29, 0.717) is 6.54 Å². The molecule has 1 amide bonds. The van der Waals surface area contributed by atoms with Crippen LogP contribution in [0.1, 0.15) is 26.2 Å². The normalized spacial score (nSPS) is 25.2. The fourth-order valence-corrected chi connectivity index (χ4v) is 1.48. The minimum absolute atomic E-state index is 0.00255. The molecule has 4 N–H and O–H groups in total. The number of hydrogen-bond donors (Lipinski definition) is 3. The quantitative estimate of drug-likeness (QED) is 0.560. The molecule has 0 saturated carbocycles. The van der Waals surface area contributed by atoms with E-state index in [1.807, 2.05) is 6.92 Å². The molecule has 1 heterocycles. The standard InChI is InChI=1S/C9H19N3O/c1-7(6-10)12-9(13)8-4-2-3-5-11-8/h7-8,11H,2-6,10H2,1H3,(H,12,13)/t7-,8+/m0/s1. The molecule has 13 heavy (non-hydrogen) atoms. The molecule has 0 aromatic rings. The van der Waals surface area contributed by atoms with Crippen molar-refractivity contribution in [3.05, 3.63) is 0 Å². The monoisotopic (exact) mass is 185 g/mol. The molecule has 0 bridgehead atoms. The van der Waals surface area contributed by atoms with Gasteiger partial charge < -0.3 is 16.4 Å². The fourth-order valence-electron chi connectivity index (χ4n) is 1.48. The molecule has 1 saturated heterocycles. The average Bonchev–Trinajstić information content (AvgIpc) is 2.19. The Morgan fingerprint density at radius 1 is 1.69 bits per heavy atom. The summed E-state index contributed by atoms with van der Waals surface area (Å²) in [6.07, 6.45) is 3.27. The van der Waals surface area contributed by atoms with Gasteiger partial charge in [0.15, 0.2) is 0 Å². The van der Waals surface area contributed by atoms with E-state index in [0.717, 1.165) is 19.4 Å². The van der Waals surface area contributed by atoms with Crippen molar-refractivity contribution < 1.29 is 4.79 Å². The van der Waals surface area contributed by atoms with Crippen LogP contribution < -0.4 is 16.4 Å². The summed E-state index contributed by atoms with van der Waals surface area (Å²) in [7, 11) is 0. The Kier molecular flexibility index (Phi) is 4.18. The van der Waals surface area contributed by atoms with Gasteiger partial charge in [-0.15, -0.1) is 0 Å². The zero-order valence-corrected chi connectivity index (χ0v) is 8.18. The van der Waals surface area contributed by atoms with Crippen LogP contribution in [0.3, 0.4) is 0 Å². The zero-order chi connectivity index (χ0) is 9.68. The Morgan fingerprint density at radius 2 is 2.46 bits per heavy atom. The molecule has 0 radical (unpaired) electrons. The highest BCUT2D eigenvalue weighted by Gasteiger charge is 2.20. The van der Waals surface area contributed by atoms with Crippen molar-refractivity contribution in [1.29, 1.82) is 0 Å². The van der Waals surface area contributed by atoms with Crippen molar-refractivity contribution in [1.82, 2.24) is 10.6 Å². The molecule has 0 unspecified atom stereocenters. The number of carbonyl (C=O) groups excluding carboxylic acids is 1. The molecule has 76 valence electrons. The summed E-state index contributed by atoms with van der Waals surface area (Å²) in [4.78, 5) is 11.5. The van der Waals surface area contributed by atoms with E-state index in [1.54, 1.807) is 0 Å². The zero-order valence-electron chi connectivity index (χ0n) is 8.18. The second-order valence-electron chi connectivity index (χ2n) is 3.65. The molecule has 1 fully saturated rings. The number of amides is 1. The minimum Gasteiger partial charge on any atom is -0.351 e. The first-order valence-corrected chi connectivity index (χ1v) is 4.98. The molecule has 1 rings (SSSR count). The molecular weight excluding hydrogens is 166 g/mol. The summed E-state index contributed by atoms with van der Waals surface area (Å²) in [5, 5.41) is 6.07. The predicted octanol–water partition coefficient (Wildman–Crippen LogP) is -0.408. The number of hydrogen-bond acceptors (Lipinski definition) is 3. The topological polar surface area (TPSA) is 67.1 Å². The van der Waals surface area contributed by atoms with Crippen molar-refractivity contribution in [2.75, 3.05) is 13.1 Å². The van der Waals surface area contributed by atoms with E-state index in [-0.39, 0.29) is 18.0 Å². The lowest BCUT2D eigenvalue weighted by Crippen LogP contribution is -2.50. The van der Waals surface area contributed by atoms with Gasteiger partial charge in [-0.05, 0) is 26.3 Å². The number of nitrogens with one attached hydrogen (secondary N) is 2. The maximum atomic E-state index is 11.5. The third-order valence-electron chi connectivity index (χ3n) is 2.37. The first kappa shape index (κ1) is 10.5. The SMILES string of the molecule is C[C@@H](CN)NC(=O)[C@H]1CCCCN1. The molecule has 0 aromatic heterocycles. The van der Waals surface area contributed by atoms with Crippen LogP contribution in [0.2, 0.25) is 0 Å². The molecular formula is C9H19N3O. The Hall–Kier alpha value is -0.610. The van der Waals surface area contributed by atoms with Crippen molar-refractivity contribution in [3.8, 4) is 0 Å².